The minimum atomic E-state index is -0.144. The fourth-order valence-electron chi connectivity index (χ4n) is 1.41. The van der Waals surface area contributed by atoms with Gasteiger partial charge >= 0.3 is 5.97 Å². The summed E-state index contributed by atoms with van der Waals surface area (Å²) < 4.78 is 10.3. The molecule has 0 amide bonds. The van der Waals surface area contributed by atoms with Gasteiger partial charge in [0.15, 0.2) is 0 Å². The van der Waals surface area contributed by atoms with E-state index in [0.717, 1.165) is 19.4 Å². The molecule has 1 aliphatic rings. The molecule has 1 rings (SSSR count). The van der Waals surface area contributed by atoms with Gasteiger partial charge in [-0.15, -0.1) is 0 Å². The van der Waals surface area contributed by atoms with Crippen LogP contribution in [0.4, 0.5) is 0 Å². The van der Waals surface area contributed by atoms with E-state index in [0.29, 0.717) is 13.2 Å². The van der Waals surface area contributed by atoms with Crippen LogP contribution < -0.4 is 5.32 Å². The highest BCUT2D eigenvalue weighted by Gasteiger charge is 2.22. The lowest BCUT2D eigenvalue weighted by molar-refractivity contribution is -0.147. The number of hydrogen-bond acceptors (Lipinski definition) is 4. The summed E-state index contributed by atoms with van der Waals surface area (Å²) in [7, 11) is 0. The van der Waals surface area contributed by atoms with Crippen LogP contribution in [0.1, 0.15) is 26.7 Å². The van der Waals surface area contributed by atoms with Gasteiger partial charge in [-0.25, -0.2) is 0 Å². The van der Waals surface area contributed by atoms with Crippen molar-refractivity contribution in [3.8, 4) is 0 Å². The molecule has 1 N–H and O–H groups in total. The second kappa shape index (κ2) is 5.98. The van der Waals surface area contributed by atoms with Crippen molar-refractivity contribution < 1.29 is 14.3 Å². The van der Waals surface area contributed by atoms with Crippen molar-refractivity contribution in [1.29, 1.82) is 0 Å². The van der Waals surface area contributed by atoms with E-state index in [9.17, 15) is 4.79 Å². The third-order valence-electron chi connectivity index (χ3n) is 2.12. The molecule has 1 fully saturated rings. The third-order valence-corrected chi connectivity index (χ3v) is 2.12. The van der Waals surface area contributed by atoms with Crippen molar-refractivity contribution in [1.82, 2.24) is 5.32 Å². The van der Waals surface area contributed by atoms with E-state index in [4.69, 9.17) is 9.47 Å². The number of rotatable bonds is 5. The Morgan fingerprint density at radius 2 is 2.29 bits per heavy atom. The van der Waals surface area contributed by atoms with Crippen molar-refractivity contribution >= 4 is 5.97 Å². The van der Waals surface area contributed by atoms with Crippen LogP contribution in [-0.2, 0) is 14.3 Å². The van der Waals surface area contributed by atoms with E-state index < -0.39 is 0 Å². The highest BCUT2D eigenvalue weighted by Crippen LogP contribution is 2.06. The number of ether oxygens (including phenoxy) is 2. The van der Waals surface area contributed by atoms with Gasteiger partial charge in [-0.3, -0.25) is 4.79 Å². The van der Waals surface area contributed by atoms with Crippen molar-refractivity contribution in [2.75, 3.05) is 19.8 Å². The monoisotopic (exact) mass is 201 g/mol. The first kappa shape index (κ1) is 11.5. The van der Waals surface area contributed by atoms with Gasteiger partial charge < -0.3 is 14.8 Å². The second-order valence-electron chi connectivity index (χ2n) is 3.74. The van der Waals surface area contributed by atoms with E-state index in [1.165, 1.54) is 0 Å². The van der Waals surface area contributed by atoms with E-state index in [-0.39, 0.29) is 18.1 Å². The number of hydrogen-bond donors (Lipinski definition) is 1. The molecule has 1 aliphatic heterocycles. The van der Waals surface area contributed by atoms with Crippen LogP contribution in [0.2, 0.25) is 0 Å². The first-order chi connectivity index (χ1) is 6.70. The van der Waals surface area contributed by atoms with Gasteiger partial charge in [-0.1, -0.05) is 0 Å². The molecule has 0 radical (unpaired) electrons. The molecular formula is C10H19NO3. The summed E-state index contributed by atoms with van der Waals surface area (Å²) in [6, 6.07) is -0.0888. The standard InChI is InChI=1S/C10H19NO3/c1-8(2)13-6-7-14-10(12)9-4-3-5-11-9/h8-9,11H,3-7H2,1-2H3. The Morgan fingerprint density at radius 3 is 2.86 bits per heavy atom. The topological polar surface area (TPSA) is 47.6 Å². The van der Waals surface area contributed by atoms with Gasteiger partial charge in [0.2, 0.25) is 0 Å². The minimum Gasteiger partial charge on any atom is -0.462 e. The molecule has 1 heterocycles. The van der Waals surface area contributed by atoms with Gasteiger partial charge in [0.1, 0.15) is 12.6 Å². The van der Waals surface area contributed by atoms with Gasteiger partial charge in [0.05, 0.1) is 12.7 Å². The third kappa shape index (κ3) is 4.07. The van der Waals surface area contributed by atoms with E-state index >= 15 is 0 Å². The van der Waals surface area contributed by atoms with Crippen molar-refractivity contribution in [3.05, 3.63) is 0 Å². The van der Waals surface area contributed by atoms with Crippen LogP contribution >= 0.6 is 0 Å². The van der Waals surface area contributed by atoms with Crippen LogP contribution in [0.15, 0.2) is 0 Å². The highest BCUT2D eigenvalue weighted by molar-refractivity contribution is 5.76. The Labute approximate surface area is 85.0 Å². The van der Waals surface area contributed by atoms with E-state index in [2.05, 4.69) is 5.32 Å². The van der Waals surface area contributed by atoms with Crippen molar-refractivity contribution in [2.45, 2.75) is 38.8 Å². The molecule has 1 saturated heterocycles. The molecule has 0 aliphatic carbocycles. The first-order valence-electron chi connectivity index (χ1n) is 5.22. The zero-order chi connectivity index (χ0) is 10.4. The summed E-state index contributed by atoms with van der Waals surface area (Å²) in [5.74, 6) is -0.144. The first-order valence-corrected chi connectivity index (χ1v) is 5.22. The zero-order valence-corrected chi connectivity index (χ0v) is 8.91. The second-order valence-corrected chi connectivity index (χ2v) is 3.74. The van der Waals surface area contributed by atoms with Crippen LogP contribution in [0.5, 0.6) is 0 Å². The van der Waals surface area contributed by atoms with E-state index in [1.807, 2.05) is 13.8 Å². The van der Waals surface area contributed by atoms with Crippen LogP contribution in [-0.4, -0.2) is 37.9 Å². The number of esters is 1. The summed E-state index contributed by atoms with van der Waals surface area (Å²) in [6.45, 7) is 5.67. The number of carbonyl (C=O) groups is 1. The molecule has 0 spiro atoms. The van der Waals surface area contributed by atoms with Crippen LogP contribution in [0.25, 0.3) is 0 Å². The maximum absolute atomic E-state index is 11.3. The Bertz CT molecular complexity index is 176. The molecule has 1 unspecified atom stereocenters. The Kier molecular flexibility index (Phi) is 4.90. The normalized spacial score (nSPS) is 21.5. The van der Waals surface area contributed by atoms with Crippen LogP contribution in [0, 0.1) is 0 Å². The largest absolute Gasteiger partial charge is 0.462 e. The smallest absolute Gasteiger partial charge is 0.323 e. The summed E-state index contributed by atoms with van der Waals surface area (Å²) in [4.78, 5) is 11.3. The number of nitrogens with one attached hydrogen (secondary N) is 1. The molecule has 4 heteroatoms. The lowest BCUT2D eigenvalue weighted by Gasteiger charge is -2.11. The Morgan fingerprint density at radius 1 is 1.50 bits per heavy atom. The molecule has 0 bridgehead atoms. The zero-order valence-electron chi connectivity index (χ0n) is 8.91. The van der Waals surface area contributed by atoms with Crippen molar-refractivity contribution in [3.63, 3.8) is 0 Å². The number of carbonyl (C=O) groups excluding carboxylic acids is 1. The molecule has 0 aromatic rings. The molecule has 0 aromatic carbocycles. The van der Waals surface area contributed by atoms with Gasteiger partial charge in [0, 0.05) is 0 Å². The average molecular weight is 201 g/mol. The lowest BCUT2D eigenvalue weighted by atomic mass is 10.2. The molecular weight excluding hydrogens is 182 g/mol. The maximum Gasteiger partial charge on any atom is 0.323 e. The fourth-order valence-corrected chi connectivity index (χ4v) is 1.41. The summed E-state index contributed by atoms with van der Waals surface area (Å²) in [5, 5.41) is 3.09. The van der Waals surface area contributed by atoms with Gasteiger partial charge in [0.25, 0.3) is 0 Å². The lowest BCUT2D eigenvalue weighted by Crippen LogP contribution is -2.33. The predicted octanol–water partition coefficient (Wildman–Crippen LogP) is 0.707. The van der Waals surface area contributed by atoms with E-state index in [1.54, 1.807) is 0 Å². The molecule has 0 saturated carbocycles. The molecule has 1 atom stereocenters. The molecule has 82 valence electrons. The minimum absolute atomic E-state index is 0.0888. The predicted molar refractivity (Wildman–Crippen MR) is 53.1 cm³/mol. The Hall–Kier alpha value is -0.610. The molecule has 0 aromatic heterocycles. The fraction of sp³-hybridized carbons (Fsp3) is 0.900. The average Bonchev–Trinajstić information content (AvgIpc) is 2.64. The summed E-state index contributed by atoms with van der Waals surface area (Å²) in [6.07, 6.45) is 2.14. The summed E-state index contributed by atoms with van der Waals surface area (Å²) >= 11 is 0. The van der Waals surface area contributed by atoms with Crippen LogP contribution in [0.3, 0.4) is 0 Å². The van der Waals surface area contributed by atoms with Gasteiger partial charge in [-0.05, 0) is 33.2 Å². The molecule has 4 nitrogen and oxygen atoms in total. The summed E-state index contributed by atoms with van der Waals surface area (Å²) in [5.41, 5.74) is 0. The highest BCUT2D eigenvalue weighted by atomic mass is 16.6. The van der Waals surface area contributed by atoms with Crippen molar-refractivity contribution in [2.24, 2.45) is 0 Å². The quantitative estimate of drug-likeness (QED) is 0.525. The Balaban J connectivity index is 2.03. The maximum atomic E-state index is 11.3. The molecule has 14 heavy (non-hydrogen) atoms. The SMILES string of the molecule is CC(C)OCCOC(=O)C1CCCN1. The van der Waals surface area contributed by atoms with Gasteiger partial charge in [-0.2, -0.15) is 0 Å².